The third-order valence-electron chi connectivity index (χ3n) is 2.32. The summed E-state index contributed by atoms with van der Waals surface area (Å²) in [5.74, 6) is -0.889. The van der Waals surface area contributed by atoms with E-state index in [0.29, 0.717) is 5.56 Å². The number of aliphatic hydroxyl groups is 1. The number of nitro benzene ring substituents is 1. The highest BCUT2D eigenvalue weighted by molar-refractivity contribution is 5.79. The van der Waals surface area contributed by atoms with E-state index in [1.54, 1.807) is 0 Å². The number of carbonyl (C=O) groups excluding carboxylic acids is 1. The number of rotatable bonds is 5. The summed E-state index contributed by atoms with van der Waals surface area (Å²) in [6, 6.07) is 4.88. The average Bonchev–Trinajstić information content (AvgIpc) is 2.28. The highest BCUT2D eigenvalue weighted by atomic mass is 16.6. The van der Waals surface area contributed by atoms with Crippen LogP contribution in [0.2, 0.25) is 0 Å². The van der Waals surface area contributed by atoms with E-state index < -0.39 is 23.0 Å². The van der Waals surface area contributed by atoms with Crippen molar-refractivity contribution in [3.63, 3.8) is 0 Å². The van der Waals surface area contributed by atoms with Crippen LogP contribution in [0.3, 0.4) is 0 Å². The van der Waals surface area contributed by atoms with Crippen molar-refractivity contribution < 1.29 is 14.8 Å². The maximum absolute atomic E-state index is 10.7. The van der Waals surface area contributed by atoms with Crippen LogP contribution in [0.25, 0.3) is 0 Å². The van der Waals surface area contributed by atoms with Crippen LogP contribution in [0, 0.1) is 10.1 Å². The molecule has 1 amide bonds. The first-order chi connectivity index (χ1) is 7.91. The van der Waals surface area contributed by atoms with Crippen molar-refractivity contribution >= 4 is 11.6 Å². The maximum Gasteiger partial charge on any atom is 0.269 e. The van der Waals surface area contributed by atoms with Gasteiger partial charge in [0.2, 0.25) is 5.91 Å². The van der Waals surface area contributed by atoms with Gasteiger partial charge in [0.1, 0.15) is 6.10 Å². The van der Waals surface area contributed by atoms with E-state index in [0.717, 1.165) is 0 Å². The van der Waals surface area contributed by atoms with Gasteiger partial charge >= 0.3 is 0 Å². The molecular weight excluding hydrogens is 226 g/mol. The van der Waals surface area contributed by atoms with Crippen LogP contribution >= 0.6 is 0 Å². The molecule has 0 saturated heterocycles. The van der Waals surface area contributed by atoms with Crippen LogP contribution in [0.4, 0.5) is 5.69 Å². The van der Waals surface area contributed by atoms with Crippen molar-refractivity contribution in [1.82, 2.24) is 0 Å². The predicted molar refractivity (Wildman–Crippen MR) is 60.0 cm³/mol. The number of nitrogens with zero attached hydrogens (tertiary/aromatic N) is 1. The van der Waals surface area contributed by atoms with Gasteiger partial charge in [-0.1, -0.05) is 12.1 Å². The molecular formula is C10H13N3O4. The van der Waals surface area contributed by atoms with Crippen molar-refractivity contribution in [2.45, 2.75) is 18.6 Å². The standard InChI is InChI=1S/C10H13N3O4/c11-8(9(14)10(12)15)5-6-1-3-7(4-2-6)13(16)17/h1-4,8-9,14H,5,11H2,(H2,12,15). The number of carbonyl (C=O) groups is 1. The molecule has 7 nitrogen and oxygen atoms in total. The van der Waals surface area contributed by atoms with Crippen LogP contribution in [0.5, 0.6) is 0 Å². The number of hydrogen-bond acceptors (Lipinski definition) is 5. The Balaban J connectivity index is 2.69. The van der Waals surface area contributed by atoms with Gasteiger partial charge in [0.15, 0.2) is 0 Å². The van der Waals surface area contributed by atoms with Crippen molar-refractivity contribution in [2.24, 2.45) is 11.5 Å². The lowest BCUT2D eigenvalue weighted by molar-refractivity contribution is -0.384. The van der Waals surface area contributed by atoms with E-state index in [1.807, 2.05) is 0 Å². The molecule has 5 N–H and O–H groups in total. The SMILES string of the molecule is NC(=O)C(O)C(N)Cc1ccc([N+](=O)[O-])cc1. The number of non-ortho nitro benzene ring substituents is 1. The molecule has 0 aliphatic carbocycles. The van der Waals surface area contributed by atoms with E-state index in [9.17, 15) is 20.0 Å². The van der Waals surface area contributed by atoms with Gasteiger partial charge in [-0.3, -0.25) is 14.9 Å². The molecule has 0 aliphatic rings. The molecule has 1 aromatic rings. The lowest BCUT2D eigenvalue weighted by Gasteiger charge is -2.15. The summed E-state index contributed by atoms with van der Waals surface area (Å²) < 4.78 is 0. The Morgan fingerprint density at radius 2 is 1.94 bits per heavy atom. The smallest absolute Gasteiger partial charge is 0.269 e. The van der Waals surface area contributed by atoms with Gasteiger partial charge < -0.3 is 16.6 Å². The second-order valence-corrected chi connectivity index (χ2v) is 3.64. The molecule has 0 fully saturated rings. The van der Waals surface area contributed by atoms with E-state index in [2.05, 4.69) is 0 Å². The molecule has 0 radical (unpaired) electrons. The summed E-state index contributed by atoms with van der Waals surface area (Å²) in [6.45, 7) is 0. The number of nitro groups is 1. The zero-order valence-corrected chi connectivity index (χ0v) is 8.95. The maximum atomic E-state index is 10.7. The zero-order chi connectivity index (χ0) is 13.0. The first-order valence-corrected chi connectivity index (χ1v) is 4.88. The van der Waals surface area contributed by atoms with Crippen LogP contribution < -0.4 is 11.5 Å². The Bertz CT molecular complexity index is 418. The quantitative estimate of drug-likeness (QED) is 0.462. The number of amides is 1. The van der Waals surface area contributed by atoms with Gasteiger partial charge in [-0.05, 0) is 12.0 Å². The van der Waals surface area contributed by atoms with Crippen LogP contribution in [0.15, 0.2) is 24.3 Å². The first-order valence-electron chi connectivity index (χ1n) is 4.88. The number of primary amides is 1. The Kier molecular flexibility index (Phi) is 4.13. The van der Waals surface area contributed by atoms with Crippen molar-refractivity contribution in [3.8, 4) is 0 Å². The molecule has 2 unspecified atom stereocenters. The monoisotopic (exact) mass is 239 g/mol. The van der Waals surface area contributed by atoms with Gasteiger partial charge in [-0.2, -0.15) is 0 Å². The Morgan fingerprint density at radius 1 is 1.41 bits per heavy atom. The molecule has 1 rings (SSSR count). The molecule has 92 valence electrons. The fraction of sp³-hybridized carbons (Fsp3) is 0.300. The normalized spacial score (nSPS) is 14.0. The highest BCUT2D eigenvalue weighted by Crippen LogP contribution is 2.13. The molecule has 0 bridgehead atoms. The lowest BCUT2D eigenvalue weighted by atomic mass is 10.0. The Hall–Kier alpha value is -1.99. The molecule has 0 heterocycles. The summed E-state index contributed by atoms with van der Waals surface area (Å²) in [5.41, 5.74) is 11.1. The third kappa shape index (κ3) is 3.51. The predicted octanol–water partition coefficient (Wildman–Crippen LogP) is -0.689. The number of benzene rings is 1. The van der Waals surface area contributed by atoms with Crippen LogP contribution in [-0.4, -0.2) is 28.1 Å². The fourth-order valence-electron chi connectivity index (χ4n) is 1.35. The van der Waals surface area contributed by atoms with Crippen LogP contribution in [-0.2, 0) is 11.2 Å². The van der Waals surface area contributed by atoms with Gasteiger partial charge in [-0.25, -0.2) is 0 Å². The third-order valence-corrected chi connectivity index (χ3v) is 2.32. The number of nitrogens with two attached hydrogens (primary N) is 2. The zero-order valence-electron chi connectivity index (χ0n) is 8.95. The lowest BCUT2D eigenvalue weighted by Crippen LogP contribution is -2.45. The molecule has 1 aromatic carbocycles. The van der Waals surface area contributed by atoms with Gasteiger partial charge in [0.25, 0.3) is 5.69 Å². The largest absolute Gasteiger partial charge is 0.382 e. The summed E-state index contributed by atoms with van der Waals surface area (Å²) in [7, 11) is 0. The minimum Gasteiger partial charge on any atom is -0.382 e. The minimum atomic E-state index is -1.43. The van der Waals surface area contributed by atoms with E-state index in [-0.39, 0.29) is 12.1 Å². The molecule has 0 spiro atoms. The summed E-state index contributed by atoms with van der Waals surface area (Å²) in [6.07, 6.45) is -1.22. The molecule has 0 saturated carbocycles. The van der Waals surface area contributed by atoms with Crippen molar-refractivity contribution in [1.29, 1.82) is 0 Å². The van der Waals surface area contributed by atoms with Crippen molar-refractivity contribution in [3.05, 3.63) is 39.9 Å². The topological polar surface area (TPSA) is 132 Å². The average molecular weight is 239 g/mol. The van der Waals surface area contributed by atoms with E-state index >= 15 is 0 Å². The molecule has 0 aliphatic heterocycles. The fourth-order valence-corrected chi connectivity index (χ4v) is 1.35. The Labute approximate surface area is 97.2 Å². The van der Waals surface area contributed by atoms with Crippen LogP contribution in [0.1, 0.15) is 5.56 Å². The van der Waals surface area contributed by atoms with E-state index in [1.165, 1.54) is 24.3 Å². The van der Waals surface area contributed by atoms with Crippen molar-refractivity contribution in [2.75, 3.05) is 0 Å². The number of aliphatic hydroxyl groups excluding tert-OH is 1. The van der Waals surface area contributed by atoms with Gasteiger partial charge in [0, 0.05) is 18.2 Å². The Morgan fingerprint density at radius 3 is 2.35 bits per heavy atom. The number of hydrogen-bond donors (Lipinski definition) is 3. The molecule has 0 aromatic heterocycles. The summed E-state index contributed by atoms with van der Waals surface area (Å²) >= 11 is 0. The van der Waals surface area contributed by atoms with Gasteiger partial charge in [0.05, 0.1) is 4.92 Å². The highest BCUT2D eigenvalue weighted by Gasteiger charge is 2.20. The first kappa shape index (κ1) is 13.1. The molecule has 7 heteroatoms. The molecule has 2 atom stereocenters. The van der Waals surface area contributed by atoms with E-state index in [4.69, 9.17) is 11.5 Å². The van der Waals surface area contributed by atoms with Gasteiger partial charge in [-0.15, -0.1) is 0 Å². The second-order valence-electron chi connectivity index (χ2n) is 3.64. The minimum absolute atomic E-state index is 0.0298. The second kappa shape index (κ2) is 5.37. The summed E-state index contributed by atoms with van der Waals surface area (Å²) in [4.78, 5) is 20.6. The summed E-state index contributed by atoms with van der Waals surface area (Å²) in [5, 5.41) is 19.7. The molecule has 17 heavy (non-hydrogen) atoms.